The maximum Gasteiger partial charge on any atom is 0.333 e. The van der Waals surface area contributed by atoms with Crippen LogP contribution in [0.3, 0.4) is 0 Å². The highest BCUT2D eigenvalue weighted by atomic mass is 16.6. The van der Waals surface area contributed by atoms with E-state index in [0.717, 1.165) is 5.69 Å². The van der Waals surface area contributed by atoms with E-state index in [1.165, 1.54) is 11.0 Å². The van der Waals surface area contributed by atoms with Gasteiger partial charge in [-0.05, 0) is 12.5 Å². The van der Waals surface area contributed by atoms with Crippen LogP contribution in [0.2, 0.25) is 0 Å². The fourth-order valence-electron chi connectivity index (χ4n) is 1.79. The predicted octanol–water partition coefficient (Wildman–Crippen LogP) is 1.29. The maximum absolute atomic E-state index is 11.1. The minimum Gasteiger partial charge on any atom is -0.359 e. The third-order valence-corrected chi connectivity index (χ3v) is 2.69. The largest absolute Gasteiger partial charge is 0.359 e. The van der Waals surface area contributed by atoms with Crippen molar-refractivity contribution in [2.24, 2.45) is 7.05 Å². The van der Waals surface area contributed by atoms with Gasteiger partial charge >= 0.3 is 5.69 Å². The molecular formula is C11H14N6O2. The molecule has 2 rings (SSSR count). The highest BCUT2D eigenvalue weighted by Gasteiger charge is 2.25. The molecule has 0 amide bonds. The summed E-state index contributed by atoms with van der Waals surface area (Å²) in [5.74, 6) is 0.389. The van der Waals surface area contributed by atoms with E-state index in [1.807, 2.05) is 6.92 Å². The van der Waals surface area contributed by atoms with Crippen molar-refractivity contribution in [1.82, 2.24) is 19.7 Å². The monoisotopic (exact) mass is 262 g/mol. The topological polar surface area (TPSA) is 98.8 Å². The molecule has 0 radical (unpaired) electrons. The number of aryl methyl sites for hydroxylation is 2. The molecule has 8 nitrogen and oxygen atoms in total. The first-order valence-electron chi connectivity index (χ1n) is 5.82. The number of hydrogen-bond donors (Lipinski definition) is 1. The first kappa shape index (κ1) is 12.9. The number of aromatic nitrogens is 4. The molecule has 0 aromatic carbocycles. The van der Waals surface area contributed by atoms with Gasteiger partial charge in [0.25, 0.3) is 0 Å². The number of hydrogen-bond acceptors (Lipinski definition) is 6. The van der Waals surface area contributed by atoms with Crippen molar-refractivity contribution in [3.8, 4) is 0 Å². The van der Waals surface area contributed by atoms with Gasteiger partial charge in [0.15, 0.2) is 0 Å². The highest BCUT2D eigenvalue weighted by Crippen LogP contribution is 2.28. The summed E-state index contributed by atoms with van der Waals surface area (Å²) in [6.07, 6.45) is 3.57. The fraction of sp³-hybridized carbons (Fsp3) is 0.364. The molecule has 0 aliphatic rings. The molecule has 0 bridgehead atoms. The van der Waals surface area contributed by atoms with Gasteiger partial charge in [0, 0.05) is 13.2 Å². The fourth-order valence-corrected chi connectivity index (χ4v) is 1.79. The van der Waals surface area contributed by atoms with Crippen molar-refractivity contribution in [2.75, 3.05) is 5.32 Å². The molecule has 100 valence electrons. The summed E-state index contributed by atoms with van der Waals surface area (Å²) in [4.78, 5) is 18.6. The average molecular weight is 262 g/mol. The van der Waals surface area contributed by atoms with Crippen molar-refractivity contribution in [3.63, 3.8) is 0 Å². The van der Waals surface area contributed by atoms with Crippen LogP contribution in [0.5, 0.6) is 0 Å². The molecule has 0 unspecified atom stereocenters. The molecule has 1 N–H and O–H groups in total. The smallest absolute Gasteiger partial charge is 0.333 e. The van der Waals surface area contributed by atoms with E-state index < -0.39 is 4.92 Å². The van der Waals surface area contributed by atoms with E-state index in [4.69, 9.17) is 0 Å². The van der Waals surface area contributed by atoms with Gasteiger partial charge in [0.1, 0.15) is 12.0 Å². The summed E-state index contributed by atoms with van der Waals surface area (Å²) in [6, 6.07) is 1.75. The molecule has 0 aliphatic carbocycles. The van der Waals surface area contributed by atoms with Crippen LogP contribution < -0.4 is 5.32 Å². The predicted molar refractivity (Wildman–Crippen MR) is 68.6 cm³/mol. The average Bonchev–Trinajstić information content (AvgIpc) is 2.74. The van der Waals surface area contributed by atoms with Crippen molar-refractivity contribution < 1.29 is 4.92 Å². The summed E-state index contributed by atoms with van der Waals surface area (Å²) < 4.78 is 1.48. The molecule has 8 heteroatoms. The van der Waals surface area contributed by atoms with Gasteiger partial charge in [0.2, 0.25) is 5.82 Å². The molecule has 2 aromatic heterocycles. The zero-order valence-corrected chi connectivity index (χ0v) is 10.7. The molecular weight excluding hydrogens is 248 g/mol. The minimum absolute atomic E-state index is 0.0269. The summed E-state index contributed by atoms with van der Waals surface area (Å²) in [7, 11) is 1.68. The van der Waals surface area contributed by atoms with Crippen LogP contribution in [0.25, 0.3) is 0 Å². The molecule has 0 aliphatic heterocycles. The van der Waals surface area contributed by atoms with E-state index in [0.29, 0.717) is 24.5 Å². The molecule has 2 aromatic rings. The molecule has 0 saturated carbocycles. The molecule has 0 saturated heterocycles. The Balaban J connectivity index is 2.25. The Labute approximate surface area is 109 Å². The van der Waals surface area contributed by atoms with Gasteiger partial charge in [-0.1, -0.05) is 6.92 Å². The Morgan fingerprint density at radius 1 is 1.53 bits per heavy atom. The van der Waals surface area contributed by atoms with Gasteiger partial charge in [-0.3, -0.25) is 10.1 Å². The van der Waals surface area contributed by atoms with Gasteiger partial charge in [-0.25, -0.2) is 14.6 Å². The van der Waals surface area contributed by atoms with Crippen molar-refractivity contribution in [3.05, 3.63) is 40.1 Å². The highest BCUT2D eigenvalue weighted by molar-refractivity contribution is 5.59. The minimum atomic E-state index is -0.409. The zero-order valence-electron chi connectivity index (χ0n) is 10.7. The number of rotatable bonds is 5. The summed E-state index contributed by atoms with van der Waals surface area (Å²) in [6.45, 7) is 2.22. The lowest BCUT2D eigenvalue weighted by atomic mass is 10.3. The van der Waals surface area contributed by atoms with Crippen LogP contribution >= 0.6 is 0 Å². The zero-order chi connectivity index (χ0) is 13.8. The number of nitro groups is 1. The van der Waals surface area contributed by atoms with Crippen LogP contribution in [0.1, 0.15) is 18.3 Å². The Bertz CT molecular complexity index is 580. The van der Waals surface area contributed by atoms with Crippen LogP contribution in [-0.4, -0.2) is 24.7 Å². The lowest BCUT2D eigenvalue weighted by Gasteiger charge is -2.05. The van der Waals surface area contributed by atoms with Crippen LogP contribution in [-0.2, 0) is 20.0 Å². The number of nitrogens with zero attached hydrogens (tertiary/aromatic N) is 5. The van der Waals surface area contributed by atoms with Gasteiger partial charge < -0.3 is 5.32 Å². The quantitative estimate of drug-likeness (QED) is 0.644. The standard InChI is InChI=1S/C11H14N6O2/c1-3-9-10(17(18)19)11(16(2)15-9)13-6-8-4-5-12-7-14-8/h4-5,7,13H,3,6H2,1-2H3. The van der Waals surface area contributed by atoms with Crippen molar-refractivity contribution in [1.29, 1.82) is 0 Å². The molecule has 2 heterocycles. The van der Waals surface area contributed by atoms with Gasteiger partial charge in [-0.15, -0.1) is 0 Å². The Hall–Kier alpha value is -2.51. The Morgan fingerprint density at radius 2 is 2.32 bits per heavy atom. The second-order valence-corrected chi connectivity index (χ2v) is 3.93. The maximum atomic E-state index is 11.1. The first-order valence-corrected chi connectivity index (χ1v) is 5.82. The lowest BCUT2D eigenvalue weighted by Crippen LogP contribution is -2.07. The second-order valence-electron chi connectivity index (χ2n) is 3.93. The lowest BCUT2D eigenvalue weighted by molar-refractivity contribution is -0.384. The second kappa shape index (κ2) is 5.42. The van der Waals surface area contributed by atoms with Crippen LogP contribution in [0, 0.1) is 10.1 Å². The van der Waals surface area contributed by atoms with Gasteiger partial charge in [0.05, 0.1) is 17.2 Å². The Morgan fingerprint density at radius 3 is 2.89 bits per heavy atom. The van der Waals surface area contributed by atoms with Gasteiger partial charge in [-0.2, -0.15) is 5.10 Å². The summed E-state index contributed by atoms with van der Waals surface area (Å²) >= 11 is 0. The van der Waals surface area contributed by atoms with Crippen LogP contribution in [0.4, 0.5) is 11.5 Å². The third-order valence-electron chi connectivity index (χ3n) is 2.69. The molecule has 19 heavy (non-hydrogen) atoms. The van der Waals surface area contributed by atoms with E-state index >= 15 is 0 Å². The normalized spacial score (nSPS) is 10.4. The summed E-state index contributed by atoms with van der Waals surface area (Å²) in [5, 5.41) is 18.3. The number of anilines is 1. The van der Waals surface area contributed by atoms with E-state index in [9.17, 15) is 10.1 Å². The molecule has 0 spiro atoms. The molecule has 0 fully saturated rings. The summed E-state index contributed by atoms with van der Waals surface area (Å²) in [5.41, 5.74) is 1.25. The van der Waals surface area contributed by atoms with Crippen molar-refractivity contribution in [2.45, 2.75) is 19.9 Å². The third kappa shape index (κ3) is 2.67. The molecule has 0 atom stereocenters. The number of nitrogens with one attached hydrogen (secondary N) is 1. The Kier molecular flexibility index (Phi) is 3.69. The first-order chi connectivity index (χ1) is 9.13. The van der Waals surface area contributed by atoms with E-state index in [2.05, 4.69) is 20.4 Å². The van der Waals surface area contributed by atoms with E-state index in [1.54, 1.807) is 19.3 Å². The van der Waals surface area contributed by atoms with Crippen molar-refractivity contribution >= 4 is 11.5 Å². The van der Waals surface area contributed by atoms with Crippen LogP contribution in [0.15, 0.2) is 18.6 Å². The van der Waals surface area contributed by atoms with E-state index in [-0.39, 0.29) is 5.69 Å². The SMILES string of the molecule is CCc1nn(C)c(NCc2ccncn2)c1[N+](=O)[O-].